The Morgan fingerprint density at radius 2 is 2.38 bits per heavy atom. The standard InChI is InChI=1S/C9H11NO3/c1-6-2-3-10-7(4-6)8(11)5-9(12)13/h2-4,8,11H,5H2,1H3,(H,12,13)/t8-/m1/s1. The van der Waals surface area contributed by atoms with Crippen LogP contribution in [0.3, 0.4) is 0 Å². The lowest BCUT2D eigenvalue weighted by molar-refractivity contribution is -0.139. The van der Waals surface area contributed by atoms with Crippen LogP contribution in [0, 0.1) is 6.92 Å². The molecule has 13 heavy (non-hydrogen) atoms. The molecule has 0 aliphatic heterocycles. The lowest BCUT2D eigenvalue weighted by Crippen LogP contribution is -2.07. The second-order valence-electron chi connectivity index (χ2n) is 2.87. The van der Waals surface area contributed by atoms with Crippen LogP contribution in [0.5, 0.6) is 0 Å². The van der Waals surface area contributed by atoms with Gasteiger partial charge in [0.2, 0.25) is 0 Å². The Kier molecular flexibility index (Phi) is 2.97. The van der Waals surface area contributed by atoms with E-state index in [4.69, 9.17) is 5.11 Å². The fourth-order valence-corrected chi connectivity index (χ4v) is 1.01. The van der Waals surface area contributed by atoms with E-state index < -0.39 is 12.1 Å². The first-order chi connectivity index (χ1) is 6.09. The number of hydrogen-bond donors (Lipinski definition) is 2. The molecule has 0 spiro atoms. The molecule has 0 fully saturated rings. The summed E-state index contributed by atoms with van der Waals surface area (Å²) in [5, 5.41) is 17.8. The van der Waals surface area contributed by atoms with Gasteiger partial charge in [-0.05, 0) is 24.6 Å². The van der Waals surface area contributed by atoms with E-state index in [1.165, 1.54) is 0 Å². The van der Waals surface area contributed by atoms with Gasteiger partial charge in [-0.1, -0.05) is 0 Å². The lowest BCUT2D eigenvalue weighted by atomic mass is 10.1. The van der Waals surface area contributed by atoms with Crippen LogP contribution in [-0.2, 0) is 4.79 Å². The van der Waals surface area contributed by atoms with Crippen molar-refractivity contribution in [2.75, 3.05) is 0 Å². The molecule has 0 bridgehead atoms. The van der Waals surface area contributed by atoms with Crippen molar-refractivity contribution in [3.8, 4) is 0 Å². The molecule has 0 aliphatic carbocycles. The number of aliphatic carboxylic acids is 1. The Morgan fingerprint density at radius 3 is 2.92 bits per heavy atom. The average molecular weight is 181 g/mol. The SMILES string of the molecule is Cc1ccnc([C@H](O)CC(=O)O)c1. The number of aromatic nitrogens is 1. The van der Waals surface area contributed by atoms with Gasteiger partial charge in [0.15, 0.2) is 0 Å². The summed E-state index contributed by atoms with van der Waals surface area (Å²) in [7, 11) is 0. The summed E-state index contributed by atoms with van der Waals surface area (Å²) in [5.74, 6) is -1.03. The van der Waals surface area contributed by atoms with Gasteiger partial charge in [0.1, 0.15) is 6.10 Å². The molecule has 2 N–H and O–H groups in total. The number of carboxylic acids is 1. The monoisotopic (exact) mass is 181 g/mol. The van der Waals surface area contributed by atoms with Crippen LogP contribution in [0.25, 0.3) is 0 Å². The summed E-state index contributed by atoms with van der Waals surface area (Å²) in [6, 6.07) is 3.46. The third-order valence-corrected chi connectivity index (χ3v) is 1.65. The zero-order valence-electron chi connectivity index (χ0n) is 7.27. The van der Waals surface area contributed by atoms with Crippen LogP contribution >= 0.6 is 0 Å². The van der Waals surface area contributed by atoms with Gasteiger partial charge in [0.25, 0.3) is 0 Å². The van der Waals surface area contributed by atoms with Gasteiger partial charge in [-0.2, -0.15) is 0 Å². The van der Waals surface area contributed by atoms with Crippen molar-refractivity contribution >= 4 is 5.97 Å². The number of aryl methyl sites for hydroxylation is 1. The van der Waals surface area contributed by atoms with E-state index >= 15 is 0 Å². The lowest BCUT2D eigenvalue weighted by Gasteiger charge is -2.06. The average Bonchev–Trinajstić information content (AvgIpc) is 2.03. The molecule has 70 valence electrons. The number of aliphatic hydroxyl groups excluding tert-OH is 1. The number of pyridine rings is 1. The molecule has 1 aromatic heterocycles. The Labute approximate surface area is 75.9 Å². The minimum atomic E-state index is -1.03. The highest BCUT2D eigenvalue weighted by atomic mass is 16.4. The molecule has 0 saturated carbocycles. The van der Waals surface area contributed by atoms with Crippen molar-refractivity contribution in [1.82, 2.24) is 4.98 Å². The first-order valence-electron chi connectivity index (χ1n) is 3.92. The van der Waals surface area contributed by atoms with E-state index in [1.807, 2.05) is 6.92 Å². The number of carbonyl (C=O) groups is 1. The molecule has 0 unspecified atom stereocenters. The number of nitrogens with zero attached hydrogens (tertiary/aromatic N) is 1. The number of rotatable bonds is 3. The molecule has 1 rings (SSSR count). The molecule has 0 aromatic carbocycles. The summed E-state index contributed by atoms with van der Waals surface area (Å²) in [4.78, 5) is 14.2. The van der Waals surface area contributed by atoms with Crippen molar-refractivity contribution in [2.24, 2.45) is 0 Å². The van der Waals surface area contributed by atoms with E-state index in [2.05, 4.69) is 4.98 Å². The van der Waals surface area contributed by atoms with E-state index in [0.29, 0.717) is 5.69 Å². The molecule has 4 heteroatoms. The highest BCUT2D eigenvalue weighted by molar-refractivity contribution is 5.67. The van der Waals surface area contributed by atoms with Crippen molar-refractivity contribution in [3.05, 3.63) is 29.6 Å². The highest BCUT2D eigenvalue weighted by Gasteiger charge is 2.12. The molecule has 0 aliphatic rings. The maximum absolute atomic E-state index is 10.3. The Morgan fingerprint density at radius 1 is 1.69 bits per heavy atom. The van der Waals surface area contributed by atoms with Gasteiger partial charge in [-0.3, -0.25) is 9.78 Å². The van der Waals surface area contributed by atoms with Crippen LogP contribution in [-0.4, -0.2) is 21.2 Å². The summed E-state index contributed by atoms with van der Waals surface area (Å²) in [5.41, 5.74) is 1.36. The predicted octanol–water partition coefficient (Wildman–Crippen LogP) is 0.898. The maximum atomic E-state index is 10.3. The molecule has 0 amide bonds. The smallest absolute Gasteiger partial charge is 0.306 e. The van der Waals surface area contributed by atoms with Crippen molar-refractivity contribution in [3.63, 3.8) is 0 Å². The van der Waals surface area contributed by atoms with Crippen molar-refractivity contribution < 1.29 is 15.0 Å². The zero-order valence-corrected chi connectivity index (χ0v) is 7.27. The predicted molar refractivity (Wildman–Crippen MR) is 46.2 cm³/mol. The van der Waals surface area contributed by atoms with E-state index in [9.17, 15) is 9.90 Å². The Balaban J connectivity index is 2.76. The summed E-state index contributed by atoms with van der Waals surface area (Å²) in [6.07, 6.45) is 0.226. The molecule has 0 saturated heterocycles. The third-order valence-electron chi connectivity index (χ3n) is 1.65. The Bertz CT molecular complexity index is 311. The molecule has 4 nitrogen and oxygen atoms in total. The number of hydrogen-bond acceptors (Lipinski definition) is 3. The van der Waals surface area contributed by atoms with E-state index in [1.54, 1.807) is 18.3 Å². The van der Waals surface area contributed by atoms with Gasteiger partial charge in [-0.25, -0.2) is 0 Å². The van der Waals surface area contributed by atoms with Gasteiger partial charge < -0.3 is 10.2 Å². The minimum Gasteiger partial charge on any atom is -0.481 e. The number of aliphatic hydroxyl groups is 1. The molecule has 1 heterocycles. The van der Waals surface area contributed by atoms with E-state index in [-0.39, 0.29) is 6.42 Å². The quantitative estimate of drug-likeness (QED) is 0.726. The summed E-state index contributed by atoms with van der Waals surface area (Å²) in [6.45, 7) is 1.86. The molecular formula is C9H11NO3. The largest absolute Gasteiger partial charge is 0.481 e. The second-order valence-corrected chi connectivity index (χ2v) is 2.87. The maximum Gasteiger partial charge on any atom is 0.306 e. The van der Waals surface area contributed by atoms with Gasteiger partial charge >= 0.3 is 5.97 Å². The van der Waals surface area contributed by atoms with Crippen molar-refractivity contribution in [2.45, 2.75) is 19.4 Å². The van der Waals surface area contributed by atoms with Crippen LogP contribution < -0.4 is 0 Å². The van der Waals surface area contributed by atoms with Crippen molar-refractivity contribution in [1.29, 1.82) is 0 Å². The fraction of sp³-hybridized carbons (Fsp3) is 0.333. The second kappa shape index (κ2) is 4.00. The van der Waals surface area contributed by atoms with Gasteiger partial charge in [0, 0.05) is 6.20 Å². The molecule has 1 atom stereocenters. The number of carboxylic acid groups (broad SMARTS) is 1. The van der Waals surface area contributed by atoms with Crippen LogP contribution in [0.15, 0.2) is 18.3 Å². The Hall–Kier alpha value is -1.42. The van der Waals surface area contributed by atoms with Crippen LogP contribution in [0.1, 0.15) is 23.8 Å². The summed E-state index contributed by atoms with van der Waals surface area (Å²) >= 11 is 0. The molecular weight excluding hydrogens is 170 g/mol. The highest BCUT2D eigenvalue weighted by Crippen LogP contribution is 2.14. The van der Waals surface area contributed by atoms with Gasteiger partial charge in [0.05, 0.1) is 12.1 Å². The topological polar surface area (TPSA) is 70.4 Å². The van der Waals surface area contributed by atoms with Crippen LogP contribution in [0.2, 0.25) is 0 Å². The van der Waals surface area contributed by atoms with Crippen LogP contribution in [0.4, 0.5) is 0 Å². The first-order valence-corrected chi connectivity index (χ1v) is 3.92. The van der Waals surface area contributed by atoms with E-state index in [0.717, 1.165) is 5.56 Å². The zero-order chi connectivity index (χ0) is 9.84. The molecule has 1 aromatic rings. The first kappa shape index (κ1) is 9.67. The fourth-order valence-electron chi connectivity index (χ4n) is 1.01. The molecule has 0 radical (unpaired) electrons. The van der Waals surface area contributed by atoms with Gasteiger partial charge in [-0.15, -0.1) is 0 Å². The third kappa shape index (κ3) is 2.83. The minimum absolute atomic E-state index is 0.309. The summed E-state index contributed by atoms with van der Waals surface area (Å²) < 4.78 is 0. The normalized spacial score (nSPS) is 12.5.